The summed E-state index contributed by atoms with van der Waals surface area (Å²) in [6.07, 6.45) is 0. The molecular weight excluding hydrogens is 506 g/mol. The zero-order valence-electron chi connectivity index (χ0n) is 23.3. The summed E-state index contributed by atoms with van der Waals surface area (Å²) in [5.41, 5.74) is 2.88. The molecule has 0 saturated carbocycles. The van der Waals surface area contributed by atoms with E-state index in [1.165, 1.54) is 0 Å². The van der Waals surface area contributed by atoms with Gasteiger partial charge in [-0.3, -0.25) is 0 Å². The van der Waals surface area contributed by atoms with Crippen LogP contribution >= 0.6 is 0 Å². The number of esters is 1. The van der Waals surface area contributed by atoms with Crippen LogP contribution in [0.3, 0.4) is 0 Å². The first-order valence-corrected chi connectivity index (χ1v) is 13.6. The summed E-state index contributed by atoms with van der Waals surface area (Å²) in [6, 6.07) is 23.0. The quantitative estimate of drug-likeness (QED) is 0.279. The summed E-state index contributed by atoms with van der Waals surface area (Å²) in [5.74, 6) is 0.428. The lowest BCUT2D eigenvalue weighted by Gasteiger charge is -2.45. The van der Waals surface area contributed by atoms with E-state index in [-0.39, 0.29) is 25.1 Å². The summed E-state index contributed by atoms with van der Waals surface area (Å²) in [5, 5.41) is 4.01. The molecule has 0 bridgehead atoms. The van der Waals surface area contributed by atoms with Crippen molar-refractivity contribution in [2.75, 3.05) is 26.9 Å². The first-order chi connectivity index (χ1) is 19.4. The highest BCUT2D eigenvalue weighted by molar-refractivity contribution is 5.94. The van der Waals surface area contributed by atoms with E-state index in [1.54, 1.807) is 25.9 Å². The second kappa shape index (κ2) is 11.3. The van der Waals surface area contributed by atoms with Crippen LogP contribution in [0.1, 0.15) is 49.1 Å². The maximum atomic E-state index is 14.0. The molecule has 0 saturated heterocycles. The Kier molecular flexibility index (Phi) is 7.69. The summed E-state index contributed by atoms with van der Waals surface area (Å²) >= 11 is 0. The molecule has 0 unspecified atom stereocenters. The number of carbonyl (C=O) groups is 2. The van der Waals surface area contributed by atoms with Gasteiger partial charge in [0, 0.05) is 35.5 Å². The Hall–Kier alpha value is -4.46. The van der Waals surface area contributed by atoms with Gasteiger partial charge in [-0.25, -0.2) is 9.59 Å². The maximum absolute atomic E-state index is 14.0. The molecule has 1 aromatic heterocycles. The largest absolute Gasteiger partial charge is 0.493 e. The number of benzene rings is 3. The van der Waals surface area contributed by atoms with Gasteiger partial charge in [0.05, 0.1) is 26.0 Å². The van der Waals surface area contributed by atoms with Gasteiger partial charge in [-0.2, -0.15) is 0 Å². The molecule has 1 aliphatic rings. The number of carbonyl (C=O) groups excluding carboxylic acids is 2. The van der Waals surface area contributed by atoms with Gasteiger partial charge in [0.15, 0.2) is 17.0 Å². The Labute approximate surface area is 234 Å². The Bertz CT molecular complexity index is 1520. The Morgan fingerprint density at radius 2 is 1.75 bits per heavy atom. The molecule has 5 rings (SSSR count). The van der Waals surface area contributed by atoms with E-state index in [0.717, 1.165) is 27.6 Å². The first kappa shape index (κ1) is 27.1. The number of nitrogens with zero attached hydrogens (tertiary/aromatic N) is 1. The van der Waals surface area contributed by atoms with Crippen molar-refractivity contribution in [2.45, 2.75) is 38.8 Å². The second-order valence-corrected chi connectivity index (χ2v) is 9.87. The third kappa shape index (κ3) is 4.63. The fraction of sp³-hybridized carbons (Fsp3) is 0.312. The van der Waals surface area contributed by atoms with Gasteiger partial charge in [0.25, 0.3) is 0 Å². The minimum atomic E-state index is -1.40. The molecule has 4 aromatic rings. The van der Waals surface area contributed by atoms with Gasteiger partial charge in [-0.1, -0.05) is 60.7 Å². The van der Waals surface area contributed by atoms with Crippen molar-refractivity contribution >= 4 is 22.9 Å². The van der Waals surface area contributed by atoms with Crippen LogP contribution in [0.25, 0.3) is 10.9 Å². The topological polar surface area (TPSA) is 92.9 Å². The number of aromatic nitrogens is 1. The van der Waals surface area contributed by atoms with E-state index in [1.807, 2.05) is 79.7 Å². The van der Waals surface area contributed by atoms with Crippen LogP contribution in [-0.2, 0) is 21.6 Å². The average molecular weight is 542 g/mol. The molecule has 2 atom stereocenters. The summed E-state index contributed by atoms with van der Waals surface area (Å²) in [4.78, 5) is 32.8. The van der Waals surface area contributed by atoms with E-state index in [9.17, 15) is 9.59 Å². The minimum Gasteiger partial charge on any atom is -0.493 e. The number of rotatable bonds is 8. The molecule has 0 spiro atoms. The fourth-order valence-electron chi connectivity index (χ4n) is 5.66. The molecule has 2 N–H and O–H groups in total. The lowest BCUT2D eigenvalue weighted by atomic mass is 9.77. The Morgan fingerprint density at radius 3 is 2.48 bits per heavy atom. The molecule has 0 aliphatic carbocycles. The molecule has 3 aromatic carbocycles. The number of nitrogens with one attached hydrogen (secondary N) is 2. The maximum Gasteiger partial charge on any atom is 0.338 e. The third-order valence-electron chi connectivity index (χ3n) is 7.58. The number of aromatic amines is 1. The van der Waals surface area contributed by atoms with E-state index >= 15 is 0 Å². The van der Waals surface area contributed by atoms with Crippen LogP contribution in [0, 0.1) is 0 Å². The van der Waals surface area contributed by atoms with Crippen LogP contribution in [0.15, 0.2) is 72.8 Å². The molecule has 1 aliphatic heterocycles. The number of methoxy groups -OCH3 is 1. The summed E-state index contributed by atoms with van der Waals surface area (Å²) in [7, 11) is 1.61. The molecule has 8 heteroatoms. The molecule has 40 heavy (non-hydrogen) atoms. The monoisotopic (exact) mass is 541 g/mol. The predicted molar refractivity (Wildman–Crippen MR) is 154 cm³/mol. The van der Waals surface area contributed by atoms with Crippen molar-refractivity contribution in [3.8, 4) is 11.5 Å². The van der Waals surface area contributed by atoms with Crippen molar-refractivity contribution in [3.63, 3.8) is 0 Å². The van der Waals surface area contributed by atoms with Gasteiger partial charge < -0.3 is 29.4 Å². The van der Waals surface area contributed by atoms with Crippen LogP contribution in [0.4, 0.5) is 4.79 Å². The molecule has 0 radical (unpaired) electrons. The van der Waals surface area contributed by atoms with Gasteiger partial charge in [-0.05, 0) is 44.0 Å². The van der Waals surface area contributed by atoms with E-state index in [2.05, 4.69) is 10.3 Å². The van der Waals surface area contributed by atoms with Crippen molar-refractivity contribution in [1.29, 1.82) is 0 Å². The van der Waals surface area contributed by atoms with Crippen molar-refractivity contribution in [1.82, 2.24) is 15.2 Å². The normalized spacial score (nSPS) is 18.2. The zero-order chi connectivity index (χ0) is 28.3. The SMILES string of the molecule is CCOC(=O)[C@]1(C)c2[nH]c3ccccc3c2[C@@H](c2cccc(OC)c2OCC)CN1C(=O)NCc1ccccc1. The summed E-state index contributed by atoms with van der Waals surface area (Å²) < 4.78 is 17.4. The minimum absolute atomic E-state index is 0.192. The van der Waals surface area contributed by atoms with Crippen LogP contribution in [0.5, 0.6) is 11.5 Å². The fourth-order valence-corrected chi connectivity index (χ4v) is 5.66. The van der Waals surface area contributed by atoms with Crippen LogP contribution in [0.2, 0.25) is 0 Å². The van der Waals surface area contributed by atoms with Gasteiger partial charge in [0.1, 0.15) is 0 Å². The number of fused-ring (bicyclic) bond motifs is 3. The van der Waals surface area contributed by atoms with Gasteiger partial charge >= 0.3 is 12.0 Å². The lowest BCUT2D eigenvalue weighted by Crippen LogP contribution is -2.60. The smallest absolute Gasteiger partial charge is 0.338 e. The van der Waals surface area contributed by atoms with Crippen LogP contribution in [-0.4, -0.2) is 48.8 Å². The highest BCUT2D eigenvalue weighted by Gasteiger charge is 2.53. The summed E-state index contributed by atoms with van der Waals surface area (Å²) in [6.45, 7) is 6.63. The number of H-pyrrole nitrogens is 1. The standard InChI is InChI=1S/C32H35N3O5/c1-5-39-28-22(16-12-18-26(28)38-4)24-20-35(31(37)33-19-21-13-8-7-9-14-21)32(3,30(36)40-6-2)29-27(24)23-15-10-11-17-25(23)34-29/h7-18,24,34H,5-6,19-20H2,1-4H3,(H,33,37)/t24-,32+/m1/s1. The Morgan fingerprint density at radius 1 is 1.00 bits per heavy atom. The van der Waals surface area contributed by atoms with Crippen molar-refractivity contribution in [2.24, 2.45) is 0 Å². The first-order valence-electron chi connectivity index (χ1n) is 13.6. The second-order valence-electron chi connectivity index (χ2n) is 9.87. The number of para-hydroxylation sites is 2. The number of hydrogen-bond donors (Lipinski definition) is 2. The lowest BCUT2D eigenvalue weighted by molar-refractivity contribution is -0.156. The van der Waals surface area contributed by atoms with E-state index in [0.29, 0.717) is 30.3 Å². The third-order valence-corrected chi connectivity index (χ3v) is 7.58. The van der Waals surface area contributed by atoms with Crippen molar-refractivity contribution < 1.29 is 23.8 Å². The highest BCUT2D eigenvalue weighted by atomic mass is 16.5. The highest BCUT2D eigenvalue weighted by Crippen LogP contribution is 2.49. The number of urea groups is 1. The molecular formula is C32H35N3O5. The molecule has 0 fully saturated rings. The number of ether oxygens (including phenoxy) is 3. The van der Waals surface area contributed by atoms with Crippen molar-refractivity contribution in [3.05, 3.63) is 95.2 Å². The van der Waals surface area contributed by atoms with E-state index < -0.39 is 11.5 Å². The van der Waals surface area contributed by atoms with Gasteiger partial charge in [0.2, 0.25) is 0 Å². The number of hydrogen-bond acceptors (Lipinski definition) is 5. The molecule has 8 nitrogen and oxygen atoms in total. The van der Waals surface area contributed by atoms with Gasteiger partial charge in [-0.15, -0.1) is 0 Å². The number of amides is 2. The predicted octanol–water partition coefficient (Wildman–Crippen LogP) is 5.71. The van der Waals surface area contributed by atoms with Crippen LogP contribution < -0.4 is 14.8 Å². The Balaban J connectivity index is 1.70. The van der Waals surface area contributed by atoms with E-state index in [4.69, 9.17) is 14.2 Å². The molecule has 2 heterocycles. The molecule has 2 amide bonds. The average Bonchev–Trinajstić information content (AvgIpc) is 3.38. The zero-order valence-corrected chi connectivity index (χ0v) is 23.3. The molecule has 208 valence electrons.